The fourth-order valence-electron chi connectivity index (χ4n) is 0.354. The molecule has 0 aromatic heterocycles. The second-order valence-electron chi connectivity index (χ2n) is 1.67. The van der Waals surface area contributed by atoms with E-state index in [9.17, 15) is 0 Å². The van der Waals surface area contributed by atoms with Gasteiger partial charge in [-0.05, 0) is 6.92 Å². The SMILES string of the molecule is CC.CCCCC.CCO. The number of hydrogen-bond acceptors (Lipinski definition) is 1. The van der Waals surface area contributed by atoms with Crippen molar-refractivity contribution < 1.29 is 5.11 Å². The number of hydrogen-bond donors (Lipinski definition) is 1. The predicted octanol–water partition coefficient (Wildman–Crippen LogP) is 3.22. The molecule has 1 heteroatoms. The molecule has 0 unspecified atom stereocenters. The monoisotopic (exact) mass is 148 g/mol. The maximum absolute atomic E-state index is 7.57. The summed E-state index contributed by atoms with van der Waals surface area (Å²) in [5.74, 6) is 0. The van der Waals surface area contributed by atoms with Crippen LogP contribution in [0.15, 0.2) is 0 Å². The van der Waals surface area contributed by atoms with Crippen LogP contribution in [0.3, 0.4) is 0 Å². The summed E-state index contributed by atoms with van der Waals surface area (Å²) in [5, 5.41) is 7.57. The van der Waals surface area contributed by atoms with E-state index in [0.29, 0.717) is 0 Å². The van der Waals surface area contributed by atoms with Crippen LogP contribution in [0.1, 0.15) is 53.9 Å². The molecule has 0 aromatic carbocycles. The third-order valence-electron chi connectivity index (χ3n) is 0.707. The third kappa shape index (κ3) is 100. The summed E-state index contributed by atoms with van der Waals surface area (Å²) in [6, 6.07) is 0. The first-order valence-corrected chi connectivity index (χ1v) is 4.44. The molecule has 0 saturated heterocycles. The fraction of sp³-hybridized carbons (Fsp3) is 1.00. The Morgan fingerprint density at radius 1 is 0.900 bits per heavy atom. The predicted molar refractivity (Wildman–Crippen MR) is 49.3 cm³/mol. The summed E-state index contributed by atoms with van der Waals surface area (Å²) in [6.45, 7) is 10.4. The molecule has 0 aliphatic heterocycles. The van der Waals surface area contributed by atoms with Crippen LogP contribution in [0.25, 0.3) is 0 Å². The van der Waals surface area contributed by atoms with E-state index in [0.717, 1.165) is 0 Å². The number of aliphatic hydroxyl groups excluding tert-OH is 1. The van der Waals surface area contributed by atoms with Gasteiger partial charge in [-0.15, -0.1) is 0 Å². The average Bonchev–Trinajstić information content (AvgIpc) is 1.96. The second kappa shape index (κ2) is 36.2. The maximum Gasteiger partial charge on any atom is 0.0402 e. The molecule has 0 aliphatic rings. The molecule has 10 heavy (non-hydrogen) atoms. The molecule has 0 aliphatic carbocycles. The largest absolute Gasteiger partial charge is 0.397 e. The van der Waals surface area contributed by atoms with Crippen molar-refractivity contribution >= 4 is 0 Å². The number of aliphatic hydroxyl groups is 1. The summed E-state index contributed by atoms with van der Waals surface area (Å²) >= 11 is 0. The van der Waals surface area contributed by atoms with Gasteiger partial charge in [-0.2, -0.15) is 0 Å². The molecule has 0 amide bonds. The highest BCUT2D eigenvalue weighted by molar-refractivity contribution is 4.24. The third-order valence-corrected chi connectivity index (χ3v) is 0.707. The molecule has 1 N–H and O–H groups in total. The fourth-order valence-corrected chi connectivity index (χ4v) is 0.354. The summed E-state index contributed by atoms with van der Waals surface area (Å²) in [5.41, 5.74) is 0. The van der Waals surface area contributed by atoms with Crippen molar-refractivity contribution in [2.75, 3.05) is 6.61 Å². The Labute approximate surface area is 66.5 Å². The minimum Gasteiger partial charge on any atom is -0.397 e. The van der Waals surface area contributed by atoms with Gasteiger partial charge in [0.1, 0.15) is 0 Å². The zero-order chi connectivity index (χ0) is 8.83. The van der Waals surface area contributed by atoms with E-state index in [1.165, 1.54) is 19.3 Å². The molecule has 0 radical (unpaired) electrons. The van der Waals surface area contributed by atoms with E-state index >= 15 is 0 Å². The second-order valence-corrected chi connectivity index (χ2v) is 1.67. The zero-order valence-corrected chi connectivity index (χ0v) is 8.28. The van der Waals surface area contributed by atoms with E-state index in [2.05, 4.69) is 13.8 Å². The van der Waals surface area contributed by atoms with Crippen LogP contribution in [0.5, 0.6) is 0 Å². The van der Waals surface area contributed by atoms with E-state index in [4.69, 9.17) is 5.11 Å². The molecule has 0 aromatic rings. The molecular weight excluding hydrogens is 124 g/mol. The highest BCUT2D eigenvalue weighted by Gasteiger charge is 1.68. The molecule has 0 atom stereocenters. The highest BCUT2D eigenvalue weighted by Crippen LogP contribution is 1.88. The molecule has 0 heterocycles. The molecular formula is C9H24O. The quantitative estimate of drug-likeness (QED) is 0.637. The van der Waals surface area contributed by atoms with E-state index < -0.39 is 0 Å². The van der Waals surface area contributed by atoms with Crippen molar-refractivity contribution in [3.8, 4) is 0 Å². The van der Waals surface area contributed by atoms with Gasteiger partial charge in [-0.1, -0.05) is 47.0 Å². The van der Waals surface area contributed by atoms with Gasteiger partial charge in [0.05, 0.1) is 0 Å². The lowest BCUT2D eigenvalue weighted by atomic mass is 10.3. The van der Waals surface area contributed by atoms with Crippen molar-refractivity contribution in [1.82, 2.24) is 0 Å². The van der Waals surface area contributed by atoms with Crippen molar-refractivity contribution in [1.29, 1.82) is 0 Å². The minimum atomic E-state index is 0.250. The van der Waals surface area contributed by atoms with Gasteiger partial charge in [0.2, 0.25) is 0 Å². The highest BCUT2D eigenvalue weighted by atomic mass is 16.2. The molecule has 1 nitrogen and oxygen atoms in total. The lowest BCUT2D eigenvalue weighted by molar-refractivity contribution is 0.318. The van der Waals surface area contributed by atoms with E-state index in [-0.39, 0.29) is 6.61 Å². The van der Waals surface area contributed by atoms with Crippen molar-refractivity contribution in [2.45, 2.75) is 53.9 Å². The molecule has 0 rings (SSSR count). The van der Waals surface area contributed by atoms with Gasteiger partial charge < -0.3 is 5.11 Å². The topological polar surface area (TPSA) is 20.2 Å². The Morgan fingerprint density at radius 3 is 1.10 bits per heavy atom. The zero-order valence-electron chi connectivity index (χ0n) is 8.28. The van der Waals surface area contributed by atoms with E-state index in [1.807, 2.05) is 13.8 Å². The summed E-state index contributed by atoms with van der Waals surface area (Å²) in [6.07, 6.45) is 4.08. The van der Waals surface area contributed by atoms with Gasteiger partial charge >= 0.3 is 0 Å². The van der Waals surface area contributed by atoms with Gasteiger partial charge in [0.25, 0.3) is 0 Å². The minimum absolute atomic E-state index is 0.250. The first-order chi connectivity index (χ1) is 4.83. The Hall–Kier alpha value is -0.0400. The number of rotatable bonds is 2. The van der Waals surface area contributed by atoms with Gasteiger partial charge in [0, 0.05) is 6.61 Å². The van der Waals surface area contributed by atoms with Crippen molar-refractivity contribution in [3.63, 3.8) is 0 Å². The van der Waals surface area contributed by atoms with E-state index in [1.54, 1.807) is 6.92 Å². The van der Waals surface area contributed by atoms with Crippen LogP contribution in [-0.4, -0.2) is 11.7 Å². The molecule has 0 bridgehead atoms. The normalized spacial score (nSPS) is 6.60. The van der Waals surface area contributed by atoms with Crippen molar-refractivity contribution in [2.24, 2.45) is 0 Å². The molecule has 0 fully saturated rings. The van der Waals surface area contributed by atoms with Crippen LogP contribution in [-0.2, 0) is 0 Å². The number of unbranched alkanes of at least 4 members (excludes halogenated alkanes) is 2. The lowest BCUT2D eigenvalue weighted by Crippen LogP contribution is -1.59. The molecule has 66 valence electrons. The Balaban J connectivity index is -0.0000000847. The molecule has 0 saturated carbocycles. The van der Waals surface area contributed by atoms with Crippen LogP contribution >= 0.6 is 0 Å². The maximum atomic E-state index is 7.57. The van der Waals surface area contributed by atoms with Crippen LogP contribution in [0, 0.1) is 0 Å². The molecule has 0 spiro atoms. The summed E-state index contributed by atoms with van der Waals surface area (Å²) in [7, 11) is 0. The Bertz CT molecular complexity index is 18.7. The van der Waals surface area contributed by atoms with Crippen LogP contribution in [0.4, 0.5) is 0 Å². The van der Waals surface area contributed by atoms with Gasteiger partial charge in [-0.25, -0.2) is 0 Å². The van der Waals surface area contributed by atoms with Gasteiger partial charge in [0.15, 0.2) is 0 Å². The van der Waals surface area contributed by atoms with Gasteiger partial charge in [-0.3, -0.25) is 0 Å². The standard InChI is InChI=1S/C5H12.C2H6O.C2H6/c1-3-5-4-2;1-2-3;1-2/h3-5H2,1-2H3;3H,2H2,1H3;1-2H3. The lowest BCUT2D eigenvalue weighted by Gasteiger charge is -1.79. The first-order valence-electron chi connectivity index (χ1n) is 4.44. The van der Waals surface area contributed by atoms with Crippen molar-refractivity contribution in [3.05, 3.63) is 0 Å². The smallest absolute Gasteiger partial charge is 0.0402 e. The summed E-state index contributed by atoms with van der Waals surface area (Å²) < 4.78 is 0. The van der Waals surface area contributed by atoms with Crippen LogP contribution < -0.4 is 0 Å². The summed E-state index contributed by atoms with van der Waals surface area (Å²) in [4.78, 5) is 0. The average molecular weight is 148 g/mol. The first kappa shape index (κ1) is 16.5. The van der Waals surface area contributed by atoms with Crippen LogP contribution in [0.2, 0.25) is 0 Å². The Kier molecular flexibility index (Phi) is 59.8. The Morgan fingerprint density at radius 2 is 1.10 bits per heavy atom.